The Morgan fingerprint density at radius 2 is 1.96 bits per heavy atom. The molecule has 0 radical (unpaired) electrons. The Hall–Kier alpha value is -2.84. The smallest absolute Gasteiger partial charge is 0.263 e. The van der Waals surface area contributed by atoms with E-state index in [0.29, 0.717) is 42.6 Å². The van der Waals surface area contributed by atoms with Crippen molar-refractivity contribution in [1.29, 1.82) is 0 Å². The fourth-order valence-corrected chi connectivity index (χ4v) is 3.78. The molecule has 1 saturated heterocycles. The van der Waals surface area contributed by atoms with Crippen LogP contribution in [0, 0.1) is 5.82 Å². The van der Waals surface area contributed by atoms with Gasteiger partial charge in [-0.05, 0) is 11.6 Å². The number of hydrogen-bond donors (Lipinski definition) is 1. The van der Waals surface area contributed by atoms with Gasteiger partial charge >= 0.3 is 0 Å². The number of thiazole rings is 1. The molecule has 3 heterocycles. The summed E-state index contributed by atoms with van der Waals surface area (Å²) < 4.78 is 19.7. The second-order valence-electron chi connectivity index (χ2n) is 6.33. The Morgan fingerprint density at radius 3 is 2.71 bits per heavy atom. The van der Waals surface area contributed by atoms with Gasteiger partial charge in [0.25, 0.3) is 5.91 Å². The van der Waals surface area contributed by atoms with Gasteiger partial charge in [0.1, 0.15) is 9.88 Å². The Labute approximate surface area is 166 Å². The van der Waals surface area contributed by atoms with Gasteiger partial charge < -0.3 is 15.0 Å². The van der Waals surface area contributed by atoms with E-state index in [-0.39, 0.29) is 12.5 Å². The molecule has 0 unspecified atom stereocenters. The van der Waals surface area contributed by atoms with Crippen LogP contribution in [-0.2, 0) is 11.3 Å². The number of benzene rings is 1. The third kappa shape index (κ3) is 4.18. The summed E-state index contributed by atoms with van der Waals surface area (Å²) in [6, 6.07) is 11.1. The molecule has 0 atom stereocenters. The number of hydrogen-bond acceptors (Lipinski definition) is 6. The van der Waals surface area contributed by atoms with Crippen LogP contribution in [0.25, 0.3) is 10.6 Å². The highest BCUT2D eigenvalue weighted by Gasteiger charge is 2.17. The first-order chi connectivity index (χ1) is 13.7. The maximum atomic E-state index is 14.4. The molecule has 0 aliphatic carbocycles. The van der Waals surface area contributed by atoms with Crippen LogP contribution in [0.15, 0.2) is 48.8 Å². The summed E-state index contributed by atoms with van der Waals surface area (Å²) in [5.41, 5.74) is 1.58. The zero-order valence-corrected chi connectivity index (χ0v) is 15.9. The molecule has 0 bridgehead atoms. The highest BCUT2D eigenvalue weighted by Crippen LogP contribution is 2.25. The number of nitrogens with zero attached hydrogens (tertiary/aromatic N) is 3. The van der Waals surface area contributed by atoms with Gasteiger partial charge in [-0.2, -0.15) is 0 Å². The summed E-state index contributed by atoms with van der Waals surface area (Å²) in [5, 5.41) is 3.58. The van der Waals surface area contributed by atoms with Crippen molar-refractivity contribution in [3.63, 3.8) is 0 Å². The van der Waals surface area contributed by atoms with Crippen LogP contribution >= 0.6 is 11.3 Å². The highest BCUT2D eigenvalue weighted by molar-refractivity contribution is 7.16. The molecule has 144 valence electrons. The number of nitrogens with one attached hydrogen (secondary N) is 1. The molecule has 2 aromatic heterocycles. The topological polar surface area (TPSA) is 67.4 Å². The van der Waals surface area contributed by atoms with Crippen LogP contribution in [-0.4, -0.2) is 42.2 Å². The van der Waals surface area contributed by atoms with E-state index in [9.17, 15) is 9.18 Å². The van der Waals surface area contributed by atoms with Crippen molar-refractivity contribution in [1.82, 2.24) is 15.3 Å². The summed E-state index contributed by atoms with van der Waals surface area (Å²) in [6.07, 6.45) is 3.15. The largest absolute Gasteiger partial charge is 0.378 e. The Bertz CT molecular complexity index is 958. The fourth-order valence-electron chi connectivity index (χ4n) is 2.94. The number of pyridine rings is 1. The van der Waals surface area contributed by atoms with Gasteiger partial charge in [0.2, 0.25) is 0 Å². The van der Waals surface area contributed by atoms with Gasteiger partial charge in [-0.25, -0.2) is 14.4 Å². The van der Waals surface area contributed by atoms with Crippen molar-refractivity contribution >= 4 is 23.1 Å². The number of aromatic nitrogens is 2. The lowest BCUT2D eigenvalue weighted by molar-refractivity contribution is 0.0954. The van der Waals surface area contributed by atoms with Crippen molar-refractivity contribution in [2.24, 2.45) is 0 Å². The molecule has 0 saturated carbocycles. The van der Waals surface area contributed by atoms with Crippen LogP contribution in [0.5, 0.6) is 0 Å². The molecule has 1 amide bonds. The molecule has 4 rings (SSSR count). The molecule has 0 spiro atoms. The average Bonchev–Trinajstić information content (AvgIpc) is 3.24. The summed E-state index contributed by atoms with van der Waals surface area (Å²) in [5.74, 6) is -0.302. The minimum Gasteiger partial charge on any atom is -0.378 e. The maximum Gasteiger partial charge on any atom is 0.263 e. The zero-order valence-electron chi connectivity index (χ0n) is 15.1. The molecule has 1 N–H and O–H groups in total. The monoisotopic (exact) mass is 398 g/mol. The number of carbonyl (C=O) groups is 1. The van der Waals surface area contributed by atoms with Gasteiger partial charge in [0, 0.05) is 31.4 Å². The first-order valence-electron chi connectivity index (χ1n) is 8.97. The number of anilines is 1. The number of ether oxygens (including phenoxy) is 1. The van der Waals surface area contributed by atoms with E-state index in [1.807, 2.05) is 35.2 Å². The summed E-state index contributed by atoms with van der Waals surface area (Å²) in [4.78, 5) is 23.3. The lowest BCUT2D eigenvalue weighted by Gasteiger charge is -2.28. The van der Waals surface area contributed by atoms with E-state index in [0.717, 1.165) is 10.6 Å². The van der Waals surface area contributed by atoms with Crippen LogP contribution in [0.4, 0.5) is 10.2 Å². The van der Waals surface area contributed by atoms with Crippen LogP contribution < -0.4 is 10.2 Å². The van der Waals surface area contributed by atoms with Crippen LogP contribution in [0.2, 0.25) is 0 Å². The second kappa shape index (κ2) is 8.45. The number of amides is 1. The summed E-state index contributed by atoms with van der Waals surface area (Å²) in [6.45, 7) is 2.58. The van der Waals surface area contributed by atoms with Gasteiger partial charge in [-0.15, -0.1) is 11.3 Å². The van der Waals surface area contributed by atoms with E-state index in [2.05, 4.69) is 15.3 Å². The van der Waals surface area contributed by atoms with Crippen molar-refractivity contribution < 1.29 is 13.9 Å². The first kappa shape index (κ1) is 18.5. The molecule has 1 fully saturated rings. The summed E-state index contributed by atoms with van der Waals surface area (Å²) >= 11 is 1.32. The summed E-state index contributed by atoms with van der Waals surface area (Å²) in [7, 11) is 0. The fraction of sp³-hybridized carbons (Fsp3) is 0.250. The zero-order chi connectivity index (χ0) is 19.3. The molecular weight excluding hydrogens is 379 g/mol. The number of carbonyl (C=O) groups excluding carboxylic acids is 1. The van der Waals surface area contributed by atoms with Gasteiger partial charge in [-0.1, -0.05) is 30.3 Å². The molecule has 8 heteroatoms. The average molecular weight is 398 g/mol. The first-order valence-corrected chi connectivity index (χ1v) is 9.79. The van der Waals surface area contributed by atoms with Crippen molar-refractivity contribution in [3.05, 3.63) is 65.0 Å². The van der Waals surface area contributed by atoms with Gasteiger partial charge in [0.05, 0.1) is 19.4 Å². The molecule has 1 aromatic carbocycles. The quantitative estimate of drug-likeness (QED) is 0.715. The minimum atomic E-state index is -0.391. The predicted molar refractivity (Wildman–Crippen MR) is 106 cm³/mol. The molecule has 6 nitrogen and oxygen atoms in total. The normalized spacial score (nSPS) is 14.1. The SMILES string of the molecule is O=C(NCc1cnc(N2CCOCC2)c(F)c1)c1cnc(-c2ccccc2)s1. The lowest BCUT2D eigenvalue weighted by Crippen LogP contribution is -2.37. The standard InChI is InChI=1S/C20H19FN4O2S/c21-16-10-14(11-22-18(16)25-6-8-27-9-7-25)12-23-19(26)17-13-24-20(28-17)15-4-2-1-3-5-15/h1-5,10-11,13H,6-9,12H2,(H,23,26). The molecular formula is C20H19FN4O2S. The van der Waals surface area contributed by atoms with Crippen molar-refractivity contribution in [3.8, 4) is 10.6 Å². The van der Waals surface area contributed by atoms with Crippen LogP contribution in [0.1, 0.15) is 15.2 Å². The number of morpholine rings is 1. The number of rotatable bonds is 5. The third-order valence-electron chi connectivity index (χ3n) is 4.39. The molecule has 1 aliphatic rings. The molecule has 28 heavy (non-hydrogen) atoms. The van der Waals surface area contributed by atoms with E-state index in [1.165, 1.54) is 17.4 Å². The van der Waals surface area contributed by atoms with Crippen LogP contribution in [0.3, 0.4) is 0 Å². The molecule has 3 aromatic rings. The molecule has 1 aliphatic heterocycles. The van der Waals surface area contributed by atoms with Gasteiger partial charge in [-0.3, -0.25) is 4.79 Å². The van der Waals surface area contributed by atoms with E-state index in [1.54, 1.807) is 12.4 Å². The van der Waals surface area contributed by atoms with Crippen molar-refractivity contribution in [2.45, 2.75) is 6.54 Å². The lowest BCUT2D eigenvalue weighted by atomic mass is 10.2. The predicted octanol–water partition coefficient (Wildman–Crippen LogP) is 3.11. The Morgan fingerprint density at radius 1 is 1.18 bits per heavy atom. The van der Waals surface area contributed by atoms with E-state index < -0.39 is 5.82 Å². The van der Waals surface area contributed by atoms with Gasteiger partial charge in [0.15, 0.2) is 11.6 Å². The maximum absolute atomic E-state index is 14.4. The van der Waals surface area contributed by atoms with E-state index >= 15 is 0 Å². The van der Waals surface area contributed by atoms with Crippen molar-refractivity contribution in [2.75, 3.05) is 31.2 Å². The minimum absolute atomic E-state index is 0.199. The third-order valence-corrected chi connectivity index (χ3v) is 5.44. The highest BCUT2D eigenvalue weighted by atomic mass is 32.1. The second-order valence-corrected chi connectivity index (χ2v) is 7.36. The number of halogens is 1. The Kier molecular flexibility index (Phi) is 5.59. The van der Waals surface area contributed by atoms with E-state index in [4.69, 9.17) is 4.74 Å². The Balaban J connectivity index is 1.38.